The van der Waals surface area contributed by atoms with E-state index in [9.17, 15) is 19.0 Å². The van der Waals surface area contributed by atoms with E-state index in [1.165, 1.54) is 0 Å². The van der Waals surface area contributed by atoms with Crippen LogP contribution in [-0.4, -0.2) is 51.1 Å². The van der Waals surface area contributed by atoms with Crippen LogP contribution in [0.25, 0.3) is 0 Å². The molecule has 1 saturated carbocycles. The molecule has 0 bridgehead atoms. The highest BCUT2D eigenvalue weighted by atomic mass is 79.9. The molecule has 0 spiro atoms. The summed E-state index contributed by atoms with van der Waals surface area (Å²) >= 11 is 7.04. The van der Waals surface area contributed by atoms with Crippen LogP contribution in [0.3, 0.4) is 0 Å². The first kappa shape index (κ1) is 32.5. The molecule has 1 heterocycles. The number of nitrogens with zero attached hydrogens (tertiary/aromatic N) is 1. The van der Waals surface area contributed by atoms with Crippen molar-refractivity contribution in [3.63, 3.8) is 0 Å². The topological polar surface area (TPSA) is 105 Å². The number of hydrogen-bond donors (Lipinski definition) is 5. The van der Waals surface area contributed by atoms with Gasteiger partial charge in [0.15, 0.2) is 0 Å². The van der Waals surface area contributed by atoms with Crippen molar-refractivity contribution >= 4 is 54.2 Å². The number of aliphatic hydroxyl groups is 1. The first-order valence-electron chi connectivity index (χ1n) is 15.0. The molecule has 1 aliphatic carbocycles. The Morgan fingerprint density at radius 2 is 1.65 bits per heavy atom. The molecule has 2 aliphatic rings. The Kier molecular flexibility index (Phi) is 11.3. The zero-order valence-electron chi connectivity index (χ0n) is 24.2. The zero-order valence-corrected chi connectivity index (χ0v) is 28.2. The predicted molar refractivity (Wildman–Crippen MR) is 183 cm³/mol. The van der Waals surface area contributed by atoms with Crippen LogP contribution in [0.4, 0.5) is 5.69 Å². The van der Waals surface area contributed by atoms with Crippen molar-refractivity contribution in [1.82, 2.24) is 10.6 Å². The summed E-state index contributed by atoms with van der Waals surface area (Å²) in [5, 5.41) is 17.8. The molecular formula is C33H41Br2N3O4S. The molecule has 43 heavy (non-hydrogen) atoms. The summed E-state index contributed by atoms with van der Waals surface area (Å²) in [5.74, 6) is 0.425. The van der Waals surface area contributed by atoms with Gasteiger partial charge in [0.25, 0.3) is 5.91 Å². The van der Waals surface area contributed by atoms with Gasteiger partial charge in [-0.15, -0.1) is 10.8 Å². The van der Waals surface area contributed by atoms with E-state index in [1.807, 2.05) is 60.7 Å². The fourth-order valence-electron chi connectivity index (χ4n) is 6.13. The Balaban J connectivity index is 1.36. The van der Waals surface area contributed by atoms with Crippen LogP contribution in [0, 0.1) is 0 Å². The maximum absolute atomic E-state index is 13.9. The summed E-state index contributed by atoms with van der Waals surface area (Å²) in [6, 6.07) is 21.1. The van der Waals surface area contributed by atoms with Crippen molar-refractivity contribution < 1.29 is 19.0 Å². The molecule has 2 fully saturated rings. The molecule has 2 atom stereocenters. The predicted octanol–water partition coefficient (Wildman–Crippen LogP) is 7.63. The van der Waals surface area contributed by atoms with E-state index in [4.69, 9.17) is 0 Å². The molecule has 5 rings (SSSR count). The van der Waals surface area contributed by atoms with Crippen LogP contribution in [-0.2, 0) is 13.0 Å². The van der Waals surface area contributed by atoms with Crippen molar-refractivity contribution in [2.45, 2.75) is 69.6 Å². The largest absolute Gasteiger partial charge is 0.390 e. The summed E-state index contributed by atoms with van der Waals surface area (Å²) in [7, 11) is -2.93. The first-order chi connectivity index (χ1) is 20.7. The lowest BCUT2D eigenvalue weighted by molar-refractivity contribution is 0.0830. The average molecular weight is 736 g/mol. The van der Waals surface area contributed by atoms with Gasteiger partial charge < -0.3 is 15.7 Å². The number of rotatable bonds is 11. The minimum absolute atomic E-state index is 0.273. The molecule has 0 radical (unpaired) electrons. The van der Waals surface area contributed by atoms with Gasteiger partial charge in [0.2, 0.25) is 0 Å². The van der Waals surface area contributed by atoms with E-state index < -0.39 is 22.9 Å². The van der Waals surface area contributed by atoms with Crippen molar-refractivity contribution in [2.24, 2.45) is 0 Å². The number of nitrogens with one attached hydrogen (secondary N) is 2. The lowest BCUT2D eigenvalue weighted by Crippen LogP contribution is -2.48. The lowest BCUT2D eigenvalue weighted by atomic mass is 9.94. The van der Waals surface area contributed by atoms with Crippen molar-refractivity contribution in [3.8, 4) is 0 Å². The summed E-state index contributed by atoms with van der Waals surface area (Å²) in [4.78, 5) is 13.9. The van der Waals surface area contributed by atoms with E-state index in [-0.39, 0.29) is 5.91 Å². The van der Waals surface area contributed by atoms with E-state index >= 15 is 0 Å². The summed E-state index contributed by atoms with van der Waals surface area (Å²) in [6.07, 6.45) is 5.73. The maximum Gasteiger partial charge on any atom is 0.251 e. The fourth-order valence-corrected chi connectivity index (χ4v) is 9.20. The number of carbonyl (C=O) groups excluding carboxylic acids is 1. The molecule has 0 unspecified atom stereocenters. The van der Waals surface area contributed by atoms with Gasteiger partial charge in [0, 0.05) is 34.1 Å². The van der Waals surface area contributed by atoms with Gasteiger partial charge in [-0.2, -0.15) is 0 Å². The second kappa shape index (κ2) is 14.9. The van der Waals surface area contributed by atoms with Crippen molar-refractivity contribution in [3.05, 3.63) is 97.9 Å². The molecule has 1 saturated heterocycles. The van der Waals surface area contributed by atoms with Gasteiger partial charge in [-0.3, -0.25) is 18.2 Å². The Bertz CT molecular complexity index is 1370. The lowest BCUT2D eigenvalue weighted by Gasteiger charge is -2.47. The molecular weight excluding hydrogens is 694 g/mol. The van der Waals surface area contributed by atoms with Crippen LogP contribution in [0.1, 0.15) is 71.5 Å². The average Bonchev–Trinajstić information content (AvgIpc) is 3.52. The number of amides is 1. The number of aliphatic hydroxyl groups excluding tert-OH is 1. The molecule has 5 N–H and O–H groups in total. The molecule has 7 nitrogen and oxygen atoms in total. The zero-order chi connectivity index (χ0) is 30.4. The summed E-state index contributed by atoms with van der Waals surface area (Å²) in [6.45, 7) is 1.41. The first-order valence-corrected chi connectivity index (χ1v) is 18.3. The van der Waals surface area contributed by atoms with E-state index in [0.717, 1.165) is 64.2 Å². The molecule has 10 heteroatoms. The SMILES string of the molecule is O=C(N[C@@H](Cc1ccccc1)[C@H](O)CNCc1cc(Br)cc(Br)c1)c1cc(C2CCCC2)cc(N2CCCCS2(O)O)c1. The molecule has 1 aliphatic heterocycles. The van der Waals surface area contributed by atoms with Crippen LogP contribution < -0.4 is 14.9 Å². The maximum atomic E-state index is 13.9. The third-order valence-electron chi connectivity index (χ3n) is 8.38. The number of carbonyl (C=O) groups is 1. The highest BCUT2D eigenvalue weighted by molar-refractivity contribution is 9.11. The van der Waals surface area contributed by atoms with Crippen molar-refractivity contribution in [1.29, 1.82) is 0 Å². The highest BCUT2D eigenvalue weighted by Crippen LogP contribution is 2.50. The minimum atomic E-state index is -2.93. The van der Waals surface area contributed by atoms with Gasteiger partial charge in [-0.1, -0.05) is 75.0 Å². The van der Waals surface area contributed by atoms with E-state index in [2.05, 4.69) is 42.5 Å². The van der Waals surface area contributed by atoms with Crippen LogP contribution in [0.15, 0.2) is 75.7 Å². The summed E-state index contributed by atoms with van der Waals surface area (Å²) < 4.78 is 25.4. The quantitative estimate of drug-likeness (QED) is 0.139. The van der Waals surface area contributed by atoms with E-state index in [0.29, 0.717) is 49.0 Å². The second-order valence-electron chi connectivity index (χ2n) is 11.7. The van der Waals surface area contributed by atoms with Gasteiger partial charge in [-0.25, -0.2) is 0 Å². The normalized spacial score (nSPS) is 19.1. The Morgan fingerprint density at radius 3 is 2.35 bits per heavy atom. The molecule has 3 aromatic carbocycles. The van der Waals surface area contributed by atoms with Crippen LogP contribution >= 0.6 is 42.6 Å². The molecule has 232 valence electrons. The number of halogens is 2. The highest BCUT2D eigenvalue weighted by Gasteiger charge is 2.30. The summed E-state index contributed by atoms with van der Waals surface area (Å²) in [5.41, 5.74) is 4.33. The standard InChI is InChI=1S/C33H41Br2N3O4S/c34-28-14-24(15-29(35)20-28)21-36-22-32(39)31(16-23-8-2-1-3-9-23)37-33(40)27-17-26(25-10-4-5-11-25)18-30(19-27)38-12-6-7-13-43(38,41)42/h1-3,8-9,14-15,17-20,25,31-32,36,39,41-42H,4-7,10-13,16,21-22H2,(H,37,40)/t31-,32+/m0/s1. The molecule has 3 aromatic rings. The van der Waals surface area contributed by atoms with Gasteiger partial charge in [0.1, 0.15) is 0 Å². The molecule has 1 amide bonds. The van der Waals surface area contributed by atoms with E-state index in [1.54, 1.807) is 10.4 Å². The number of anilines is 1. The Morgan fingerprint density at radius 1 is 0.930 bits per heavy atom. The smallest absolute Gasteiger partial charge is 0.251 e. The van der Waals surface area contributed by atoms with Crippen LogP contribution in [0.5, 0.6) is 0 Å². The number of hydrogen-bond acceptors (Lipinski definition) is 6. The monoisotopic (exact) mass is 733 g/mol. The molecule has 0 aromatic heterocycles. The van der Waals surface area contributed by atoms with Crippen molar-refractivity contribution in [2.75, 3.05) is 23.1 Å². The Hall–Kier alpha value is -1.92. The second-order valence-corrected chi connectivity index (χ2v) is 15.6. The Labute approximate surface area is 273 Å². The van der Waals surface area contributed by atoms with Gasteiger partial charge >= 0.3 is 0 Å². The third kappa shape index (κ3) is 8.84. The number of benzene rings is 3. The third-order valence-corrected chi connectivity index (χ3v) is 11.2. The van der Waals surface area contributed by atoms with Gasteiger partial charge in [0.05, 0.1) is 23.6 Å². The minimum Gasteiger partial charge on any atom is -0.390 e. The fraction of sp³-hybridized carbons (Fsp3) is 0.424. The van der Waals surface area contributed by atoms with Gasteiger partial charge in [-0.05, 0) is 91.1 Å². The van der Waals surface area contributed by atoms with Crippen LogP contribution in [0.2, 0.25) is 0 Å².